The standard InChI is InChI=1S/C24H24N2O3S/c1-3-12-25(24(28)20-9-6-14-29-20)16-22(27)26-13-10-21-19(11-15-30-21)23(26)18-8-5-4-7-17(18)2/h3-9,11,14-15,23H,1,10,12-13,16H2,2H3/t23-/m0/s1. The van der Waals surface area contributed by atoms with Gasteiger partial charge in [0.25, 0.3) is 5.91 Å². The van der Waals surface area contributed by atoms with Crippen molar-refractivity contribution in [2.24, 2.45) is 0 Å². The lowest BCUT2D eigenvalue weighted by atomic mass is 9.90. The lowest BCUT2D eigenvalue weighted by Gasteiger charge is -2.38. The molecule has 0 radical (unpaired) electrons. The molecule has 2 aromatic heterocycles. The molecule has 0 spiro atoms. The van der Waals surface area contributed by atoms with E-state index in [1.807, 2.05) is 17.0 Å². The van der Waals surface area contributed by atoms with Crippen LogP contribution in [0.1, 0.15) is 38.2 Å². The van der Waals surface area contributed by atoms with Gasteiger partial charge >= 0.3 is 0 Å². The summed E-state index contributed by atoms with van der Waals surface area (Å²) in [4.78, 5) is 31.0. The molecule has 0 saturated carbocycles. The second-order valence-corrected chi connectivity index (χ2v) is 8.35. The summed E-state index contributed by atoms with van der Waals surface area (Å²) in [6, 6.07) is 13.4. The van der Waals surface area contributed by atoms with Gasteiger partial charge < -0.3 is 14.2 Å². The Hall–Kier alpha value is -3.12. The van der Waals surface area contributed by atoms with E-state index in [4.69, 9.17) is 4.42 Å². The molecule has 5 nitrogen and oxygen atoms in total. The fraction of sp³-hybridized carbons (Fsp3) is 0.250. The predicted octanol–water partition coefficient (Wildman–Crippen LogP) is 4.45. The molecule has 0 saturated heterocycles. The van der Waals surface area contributed by atoms with Crippen LogP contribution >= 0.6 is 11.3 Å². The summed E-state index contributed by atoms with van der Waals surface area (Å²) < 4.78 is 5.24. The third-order valence-corrected chi connectivity index (χ3v) is 6.46. The summed E-state index contributed by atoms with van der Waals surface area (Å²) in [5.41, 5.74) is 3.45. The molecular formula is C24H24N2O3S. The summed E-state index contributed by atoms with van der Waals surface area (Å²) in [6.45, 7) is 6.69. The molecule has 2 amide bonds. The summed E-state index contributed by atoms with van der Waals surface area (Å²) in [5, 5.41) is 2.09. The van der Waals surface area contributed by atoms with Crippen molar-refractivity contribution >= 4 is 23.2 Å². The SMILES string of the molecule is C=CCN(CC(=O)N1CCc2sccc2[C@@H]1c1ccccc1C)C(=O)c1ccco1. The number of fused-ring (bicyclic) bond motifs is 1. The average Bonchev–Trinajstić information content (AvgIpc) is 3.44. The number of furan rings is 1. The Bertz CT molecular complexity index is 1050. The average molecular weight is 421 g/mol. The van der Waals surface area contributed by atoms with Gasteiger partial charge in [0.15, 0.2) is 5.76 Å². The summed E-state index contributed by atoms with van der Waals surface area (Å²) in [6.07, 6.45) is 3.91. The number of hydrogen-bond acceptors (Lipinski definition) is 4. The van der Waals surface area contributed by atoms with E-state index in [0.29, 0.717) is 6.54 Å². The molecule has 3 heterocycles. The van der Waals surface area contributed by atoms with E-state index >= 15 is 0 Å². The Kier molecular flexibility index (Phi) is 5.86. The number of benzene rings is 1. The van der Waals surface area contributed by atoms with Crippen molar-refractivity contribution < 1.29 is 14.0 Å². The summed E-state index contributed by atoms with van der Waals surface area (Å²) in [7, 11) is 0. The van der Waals surface area contributed by atoms with Crippen LogP contribution in [-0.2, 0) is 11.2 Å². The van der Waals surface area contributed by atoms with Crippen LogP contribution in [-0.4, -0.2) is 41.2 Å². The highest BCUT2D eigenvalue weighted by atomic mass is 32.1. The molecule has 0 aliphatic carbocycles. The first-order chi connectivity index (χ1) is 14.6. The van der Waals surface area contributed by atoms with Crippen molar-refractivity contribution in [1.29, 1.82) is 0 Å². The van der Waals surface area contributed by atoms with E-state index in [0.717, 1.165) is 17.5 Å². The molecule has 1 aromatic carbocycles. The molecule has 154 valence electrons. The quantitative estimate of drug-likeness (QED) is 0.554. The molecule has 3 aromatic rings. The van der Waals surface area contributed by atoms with E-state index in [9.17, 15) is 9.59 Å². The molecule has 1 atom stereocenters. The Balaban J connectivity index is 1.64. The maximum Gasteiger partial charge on any atom is 0.290 e. The number of carbonyl (C=O) groups excluding carboxylic acids is 2. The van der Waals surface area contributed by atoms with Gasteiger partial charge in [0.1, 0.15) is 6.54 Å². The fourth-order valence-electron chi connectivity index (χ4n) is 4.00. The maximum absolute atomic E-state index is 13.5. The molecule has 0 bridgehead atoms. The van der Waals surface area contributed by atoms with Gasteiger partial charge in [0.05, 0.1) is 12.3 Å². The molecular weight excluding hydrogens is 396 g/mol. The zero-order valence-corrected chi connectivity index (χ0v) is 17.7. The molecule has 0 unspecified atom stereocenters. The van der Waals surface area contributed by atoms with Crippen LogP contribution in [0.25, 0.3) is 0 Å². The van der Waals surface area contributed by atoms with Crippen LogP contribution in [0.5, 0.6) is 0 Å². The van der Waals surface area contributed by atoms with Crippen molar-refractivity contribution in [3.63, 3.8) is 0 Å². The fourth-order valence-corrected chi connectivity index (χ4v) is 4.90. The molecule has 1 aliphatic heterocycles. The molecule has 0 N–H and O–H groups in total. The molecule has 1 aliphatic rings. The van der Waals surface area contributed by atoms with Gasteiger partial charge in [0, 0.05) is 18.0 Å². The Morgan fingerprint density at radius 3 is 2.80 bits per heavy atom. The number of amides is 2. The Morgan fingerprint density at radius 2 is 2.07 bits per heavy atom. The largest absolute Gasteiger partial charge is 0.459 e. The second kappa shape index (κ2) is 8.71. The van der Waals surface area contributed by atoms with Gasteiger partial charge in [0.2, 0.25) is 5.91 Å². The maximum atomic E-state index is 13.5. The second-order valence-electron chi connectivity index (χ2n) is 7.35. The molecule has 30 heavy (non-hydrogen) atoms. The normalized spacial score (nSPS) is 15.5. The summed E-state index contributed by atoms with van der Waals surface area (Å²) >= 11 is 1.74. The lowest BCUT2D eigenvalue weighted by Crippen LogP contribution is -2.47. The van der Waals surface area contributed by atoms with Crippen LogP contribution in [0.2, 0.25) is 0 Å². The number of hydrogen-bond donors (Lipinski definition) is 0. The minimum absolute atomic E-state index is 0.0204. The van der Waals surface area contributed by atoms with Gasteiger partial charge in [-0.3, -0.25) is 9.59 Å². The van der Waals surface area contributed by atoms with Crippen LogP contribution in [0.15, 0.2) is 71.2 Å². The van der Waals surface area contributed by atoms with Crippen molar-refractivity contribution in [1.82, 2.24) is 9.80 Å². The van der Waals surface area contributed by atoms with Gasteiger partial charge in [-0.1, -0.05) is 30.3 Å². The molecule has 4 rings (SSSR count). The highest BCUT2D eigenvalue weighted by molar-refractivity contribution is 7.10. The van der Waals surface area contributed by atoms with E-state index < -0.39 is 0 Å². The van der Waals surface area contributed by atoms with E-state index in [1.165, 1.54) is 21.6 Å². The monoisotopic (exact) mass is 420 g/mol. The first-order valence-corrected chi connectivity index (χ1v) is 10.8. The highest BCUT2D eigenvalue weighted by Gasteiger charge is 2.34. The number of nitrogens with zero attached hydrogens (tertiary/aromatic N) is 2. The van der Waals surface area contributed by atoms with Crippen LogP contribution < -0.4 is 0 Å². The molecule has 6 heteroatoms. The van der Waals surface area contributed by atoms with Gasteiger partial charge in [-0.25, -0.2) is 0 Å². The third-order valence-electron chi connectivity index (χ3n) is 5.46. The zero-order chi connectivity index (χ0) is 21.1. The Labute approximate surface area is 180 Å². The van der Waals surface area contributed by atoms with E-state index in [2.05, 4.69) is 37.1 Å². The predicted molar refractivity (Wildman–Crippen MR) is 118 cm³/mol. The van der Waals surface area contributed by atoms with Gasteiger partial charge in [-0.2, -0.15) is 0 Å². The minimum atomic E-state index is -0.311. The van der Waals surface area contributed by atoms with E-state index in [-0.39, 0.29) is 36.7 Å². The minimum Gasteiger partial charge on any atom is -0.459 e. The van der Waals surface area contributed by atoms with Crippen LogP contribution in [0.3, 0.4) is 0 Å². The number of thiophene rings is 1. The van der Waals surface area contributed by atoms with Gasteiger partial charge in [-0.15, -0.1) is 17.9 Å². The van der Waals surface area contributed by atoms with Crippen molar-refractivity contribution in [2.45, 2.75) is 19.4 Å². The summed E-state index contributed by atoms with van der Waals surface area (Å²) in [5.74, 6) is -0.172. The van der Waals surface area contributed by atoms with Crippen molar-refractivity contribution in [3.05, 3.63) is 94.1 Å². The highest BCUT2D eigenvalue weighted by Crippen LogP contribution is 2.39. The van der Waals surface area contributed by atoms with Gasteiger partial charge in [-0.05, 0) is 53.6 Å². The van der Waals surface area contributed by atoms with Crippen LogP contribution in [0, 0.1) is 6.92 Å². The topological polar surface area (TPSA) is 53.8 Å². The third kappa shape index (κ3) is 3.83. The number of rotatable bonds is 6. The molecule has 0 fully saturated rings. The van der Waals surface area contributed by atoms with Crippen molar-refractivity contribution in [2.75, 3.05) is 19.6 Å². The smallest absolute Gasteiger partial charge is 0.290 e. The number of aryl methyl sites for hydroxylation is 1. The Morgan fingerprint density at radius 1 is 1.23 bits per heavy atom. The first kappa shape index (κ1) is 20.2. The van der Waals surface area contributed by atoms with E-state index in [1.54, 1.807) is 29.5 Å². The van der Waals surface area contributed by atoms with Crippen molar-refractivity contribution in [3.8, 4) is 0 Å². The number of carbonyl (C=O) groups is 2. The zero-order valence-electron chi connectivity index (χ0n) is 16.9. The van der Waals surface area contributed by atoms with Crippen LogP contribution in [0.4, 0.5) is 0 Å². The lowest BCUT2D eigenvalue weighted by molar-refractivity contribution is -0.133. The first-order valence-electron chi connectivity index (χ1n) is 9.95.